The minimum Gasteiger partial charge on any atom is -0.497 e. The molecule has 256 valence electrons. The number of anilines is 1. The molecule has 4 aromatic rings. The standard InChI is InChI=1S/C35H41F3N6O3S/c1-23(2)29-19-28(46-5)15-16-30(29)43-17-6-18-48-33(43)41-32(45)39-21-34(3,4)20-24-7-9-25(10-8-24)31-40-22-44(42-31)26-11-13-27(14-12-26)47-35(36,37)38/h7-16,19,22-23,33H,6,17-18,20-21H2,1-5H3,(H2,39,41,45). The van der Waals surface area contributed by atoms with Gasteiger partial charge in [0.15, 0.2) is 11.3 Å². The number of carbonyl (C=O) groups excluding carboxylic acids is 1. The number of rotatable bonds is 11. The number of nitrogens with zero attached hydrogens (tertiary/aromatic N) is 4. The van der Waals surface area contributed by atoms with E-state index in [-0.39, 0.29) is 22.7 Å². The lowest BCUT2D eigenvalue weighted by molar-refractivity contribution is -0.274. The fourth-order valence-electron chi connectivity index (χ4n) is 5.58. The topological polar surface area (TPSA) is 93.5 Å². The maximum atomic E-state index is 13.1. The first-order valence-corrected chi connectivity index (χ1v) is 16.8. The molecule has 48 heavy (non-hydrogen) atoms. The number of halogens is 3. The van der Waals surface area contributed by atoms with E-state index in [2.05, 4.69) is 70.2 Å². The van der Waals surface area contributed by atoms with E-state index in [1.165, 1.54) is 40.8 Å². The number of amides is 2. The van der Waals surface area contributed by atoms with E-state index in [4.69, 9.17) is 4.74 Å². The summed E-state index contributed by atoms with van der Waals surface area (Å²) in [7, 11) is 1.67. The molecule has 1 atom stereocenters. The molecular formula is C35H41F3N6O3S. The molecule has 1 fully saturated rings. The fourth-order valence-corrected chi connectivity index (χ4v) is 6.69. The lowest BCUT2D eigenvalue weighted by Crippen LogP contribution is -2.53. The number of hydrogen-bond donors (Lipinski definition) is 2. The maximum absolute atomic E-state index is 13.1. The Bertz CT molecular complexity index is 1680. The third-order valence-corrected chi connectivity index (χ3v) is 9.18. The second kappa shape index (κ2) is 14.8. The van der Waals surface area contributed by atoms with Crippen LogP contribution in [0.5, 0.6) is 11.5 Å². The molecule has 0 saturated carbocycles. The van der Waals surface area contributed by atoms with Crippen LogP contribution in [0.4, 0.5) is 23.7 Å². The second-order valence-electron chi connectivity index (χ2n) is 12.8. The predicted molar refractivity (Wildman–Crippen MR) is 183 cm³/mol. The minimum absolute atomic E-state index is 0.180. The normalized spacial score (nSPS) is 15.4. The molecule has 3 aromatic carbocycles. The highest BCUT2D eigenvalue weighted by molar-refractivity contribution is 8.00. The molecule has 2 heterocycles. The van der Waals surface area contributed by atoms with Crippen LogP contribution in [0, 0.1) is 5.41 Å². The number of urea groups is 1. The van der Waals surface area contributed by atoms with Crippen LogP contribution in [-0.4, -0.2) is 58.6 Å². The molecule has 2 amide bonds. The van der Waals surface area contributed by atoms with Crippen molar-refractivity contribution >= 4 is 23.5 Å². The molecule has 5 rings (SSSR count). The van der Waals surface area contributed by atoms with Gasteiger partial charge < -0.3 is 25.0 Å². The van der Waals surface area contributed by atoms with Crippen molar-refractivity contribution in [2.24, 2.45) is 5.41 Å². The van der Waals surface area contributed by atoms with Crippen molar-refractivity contribution in [1.82, 2.24) is 25.4 Å². The Balaban J connectivity index is 1.15. The minimum atomic E-state index is -4.75. The Morgan fingerprint density at radius 3 is 2.42 bits per heavy atom. The summed E-state index contributed by atoms with van der Waals surface area (Å²) in [5.41, 5.74) is 4.35. The summed E-state index contributed by atoms with van der Waals surface area (Å²) in [5, 5.41) is 10.8. The van der Waals surface area contributed by atoms with Crippen LogP contribution in [0.3, 0.4) is 0 Å². The Hall–Kier alpha value is -4.39. The highest BCUT2D eigenvalue weighted by atomic mass is 32.2. The largest absolute Gasteiger partial charge is 0.573 e. The van der Waals surface area contributed by atoms with E-state index in [0.29, 0.717) is 24.0 Å². The number of carbonyl (C=O) groups is 1. The van der Waals surface area contributed by atoms with Gasteiger partial charge in [-0.2, -0.15) is 0 Å². The van der Waals surface area contributed by atoms with Gasteiger partial charge in [-0.1, -0.05) is 52.0 Å². The fraction of sp³-hybridized carbons (Fsp3) is 0.400. The lowest BCUT2D eigenvalue weighted by Gasteiger charge is -2.39. The van der Waals surface area contributed by atoms with Gasteiger partial charge in [-0.05, 0) is 83.5 Å². The van der Waals surface area contributed by atoms with Gasteiger partial charge in [-0.3, -0.25) is 0 Å². The first kappa shape index (κ1) is 34.9. The number of nitrogens with one attached hydrogen (secondary N) is 2. The number of hydrogen-bond acceptors (Lipinski definition) is 7. The summed E-state index contributed by atoms with van der Waals surface area (Å²) < 4.78 is 48.3. The van der Waals surface area contributed by atoms with E-state index in [9.17, 15) is 18.0 Å². The van der Waals surface area contributed by atoms with Crippen molar-refractivity contribution < 1.29 is 27.4 Å². The number of ether oxygens (including phenoxy) is 2. The number of alkyl halides is 3. The predicted octanol–water partition coefficient (Wildman–Crippen LogP) is 7.76. The molecule has 0 spiro atoms. The van der Waals surface area contributed by atoms with Gasteiger partial charge in [-0.15, -0.1) is 30.0 Å². The summed E-state index contributed by atoms with van der Waals surface area (Å²) in [5.74, 6) is 2.28. The van der Waals surface area contributed by atoms with Crippen LogP contribution in [0.2, 0.25) is 0 Å². The van der Waals surface area contributed by atoms with Crippen LogP contribution in [0.25, 0.3) is 17.1 Å². The average molecular weight is 683 g/mol. The smallest absolute Gasteiger partial charge is 0.497 e. The lowest BCUT2D eigenvalue weighted by atomic mass is 9.85. The first-order valence-electron chi connectivity index (χ1n) is 15.8. The molecule has 1 unspecified atom stereocenters. The third-order valence-electron chi connectivity index (χ3n) is 7.97. The van der Waals surface area contributed by atoms with Gasteiger partial charge >= 0.3 is 12.4 Å². The summed E-state index contributed by atoms with van der Waals surface area (Å²) in [6.45, 7) is 9.89. The van der Waals surface area contributed by atoms with Gasteiger partial charge in [0.25, 0.3) is 0 Å². The van der Waals surface area contributed by atoms with Crippen molar-refractivity contribution in [3.8, 4) is 28.6 Å². The summed E-state index contributed by atoms with van der Waals surface area (Å²) >= 11 is 1.73. The number of methoxy groups -OCH3 is 1. The number of thioether (sulfide) groups is 1. The molecule has 9 nitrogen and oxygen atoms in total. The van der Waals surface area contributed by atoms with Crippen LogP contribution in [-0.2, 0) is 6.42 Å². The van der Waals surface area contributed by atoms with Crippen molar-refractivity contribution in [2.75, 3.05) is 30.9 Å². The first-order chi connectivity index (χ1) is 22.8. The highest BCUT2D eigenvalue weighted by Crippen LogP contribution is 2.36. The number of aromatic nitrogens is 3. The molecule has 0 aliphatic carbocycles. The highest BCUT2D eigenvalue weighted by Gasteiger charge is 2.31. The van der Waals surface area contributed by atoms with Crippen LogP contribution in [0.1, 0.15) is 51.2 Å². The molecule has 13 heteroatoms. The quantitative estimate of drug-likeness (QED) is 0.167. The van der Waals surface area contributed by atoms with E-state index in [0.717, 1.165) is 47.7 Å². The Labute approximate surface area is 283 Å². The Kier molecular flexibility index (Phi) is 10.8. The van der Waals surface area contributed by atoms with E-state index < -0.39 is 6.36 Å². The summed E-state index contributed by atoms with van der Waals surface area (Å²) in [6, 6.07) is 19.2. The Morgan fingerprint density at radius 1 is 1.04 bits per heavy atom. The van der Waals surface area contributed by atoms with Crippen LogP contribution < -0.4 is 25.0 Å². The van der Waals surface area contributed by atoms with Crippen LogP contribution in [0.15, 0.2) is 73.1 Å². The molecule has 1 aromatic heterocycles. The van der Waals surface area contributed by atoms with Gasteiger partial charge in [0, 0.05) is 24.3 Å². The van der Waals surface area contributed by atoms with Crippen molar-refractivity contribution in [2.45, 2.75) is 58.3 Å². The molecular weight excluding hydrogens is 641 g/mol. The molecule has 2 N–H and O–H groups in total. The molecule has 1 saturated heterocycles. The number of benzene rings is 3. The molecule has 0 radical (unpaired) electrons. The van der Waals surface area contributed by atoms with Gasteiger partial charge in [0.05, 0.1) is 12.8 Å². The molecule has 1 aliphatic heterocycles. The van der Waals surface area contributed by atoms with Gasteiger partial charge in [0.1, 0.15) is 17.8 Å². The van der Waals surface area contributed by atoms with Crippen molar-refractivity contribution in [3.05, 3.63) is 84.2 Å². The van der Waals surface area contributed by atoms with Crippen LogP contribution >= 0.6 is 11.8 Å². The molecule has 1 aliphatic rings. The zero-order chi connectivity index (χ0) is 34.5. The summed E-state index contributed by atoms with van der Waals surface area (Å²) in [4.78, 5) is 19.8. The molecule has 0 bridgehead atoms. The van der Waals surface area contributed by atoms with Crippen molar-refractivity contribution in [3.63, 3.8) is 0 Å². The SMILES string of the molecule is COc1ccc(N2CCCSC2NC(=O)NCC(C)(C)Cc2ccc(-c3ncn(-c4ccc(OC(F)(F)F)cc4)n3)cc2)c(C(C)C)c1. The zero-order valence-corrected chi connectivity index (χ0v) is 28.5. The van der Waals surface area contributed by atoms with E-state index in [1.807, 2.05) is 30.3 Å². The third kappa shape index (κ3) is 9.15. The Morgan fingerprint density at radius 2 is 1.75 bits per heavy atom. The van der Waals surface area contributed by atoms with E-state index >= 15 is 0 Å². The van der Waals surface area contributed by atoms with Gasteiger partial charge in [-0.25, -0.2) is 14.5 Å². The maximum Gasteiger partial charge on any atom is 0.573 e. The average Bonchev–Trinajstić information content (AvgIpc) is 3.54. The van der Waals surface area contributed by atoms with E-state index in [1.54, 1.807) is 18.9 Å². The zero-order valence-electron chi connectivity index (χ0n) is 27.7. The monoisotopic (exact) mass is 682 g/mol. The second-order valence-corrected chi connectivity index (χ2v) is 14.0. The summed E-state index contributed by atoms with van der Waals surface area (Å²) in [6.07, 6.45) is -1.47. The van der Waals surface area contributed by atoms with Crippen molar-refractivity contribution in [1.29, 1.82) is 0 Å². The van der Waals surface area contributed by atoms with Gasteiger partial charge in [0.2, 0.25) is 0 Å².